The molecule has 2 aliphatic rings. The van der Waals surface area contributed by atoms with Crippen molar-refractivity contribution in [1.82, 2.24) is 0 Å². The molecule has 142 valence electrons. The van der Waals surface area contributed by atoms with E-state index in [1.807, 2.05) is 31.2 Å². The van der Waals surface area contributed by atoms with E-state index in [9.17, 15) is 10.5 Å². The lowest BCUT2D eigenvalue weighted by Crippen LogP contribution is -2.46. The molecular weight excluding hydrogens is 344 g/mol. The SMILES string of the molecule is CCOC1(OCC)N=C(N)[C@@]2(C#N)[C@@](CC)(c3ccc(OC)cc3)[C@@]12C#N. The first kappa shape index (κ1) is 19.2. The van der Waals surface area contributed by atoms with Gasteiger partial charge < -0.3 is 19.9 Å². The van der Waals surface area contributed by atoms with Crippen LogP contribution in [0.15, 0.2) is 29.3 Å². The van der Waals surface area contributed by atoms with Crippen LogP contribution in [0, 0.1) is 33.5 Å². The fourth-order valence-corrected chi connectivity index (χ4v) is 5.11. The van der Waals surface area contributed by atoms with Crippen LogP contribution < -0.4 is 10.5 Å². The van der Waals surface area contributed by atoms with Gasteiger partial charge in [0.05, 0.1) is 24.7 Å². The summed E-state index contributed by atoms with van der Waals surface area (Å²) in [6.45, 7) is 6.07. The summed E-state index contributed by atoms with van der Waals surface area (Å²) in [6, 6.07) is 12.1. The molecule has 1 aromatic carbocycles. The first-order valence-corrected chi connectivity index (χ1v) is 9.08. The highest BCUT2D eigenvalue weighted by Crippen LogP contribution is 2.86. The molecule has 1 aromatic rings. The second kappa shape index (κ2) is 6.23. The summed E-state index contributed by atoms with van der Waals surface area (Å²) in [5.41, 5.74) is 3.53. The molecule has 0 unspecified atom stereocenters. The fourth-order valence-electron chi connectivity index (χ4n) is 5.11. The Labute approximate surface area is 159 Å². The lowest BCUT2D eigenvalue weighted by Gasteiger charge is -2.35. The van der Waals surface area contributed by atoms with Gasteiger partial charge in [0.15, 0.2) is 10.8 Å². The highest BCUT2D eigenvalue weighted by molar-refractivity contribution is 6.02. The van der Waals surface area contributed by atoms with Gasteiger partial charge in [0, 0.05) is 13.2 Å². The van der Waals surface area contributed by atoms with Gasteiger partial charge in [0.2, 0.25) is 0 Å². The third-order valence-electron chi connectivity index (χ3n) is 6.03. The Morgan fingerprint density at radius 2 is 1.63 bits per heavy atom. The van der Waals surface area contributed by atoms with Crippen molar-refractivity contribution in [3.63, 3.8) is 0 Å². The van der Waals surface area contributed by atoms with Gasteiger partial charge in [0.25, 0.3) is 5.91 Å². The van der Waals surface area contributed by atoms with Crippen LogP contribution in [0.4, 0.5) is 0 Å². The summed E-state index contributed by atoms with van der Waals surface area (Å²) >= 11 is 0. The lowest BCUT2D eigenvalue weighted by atomic mass is 9.80. The second-order valence-corrected chi connectivity index (χ2v) is 6.66. The molecular formula is C20H24N4O3. The molecule has 0 radical (unpaired) electrons. The largest absolute Gasteiger partial charge is 0.497 e. The number of hydrogen-bond donors (Lipinski definition) is 1. The minimum Gasteiger partial charge on any atom is -0.497 e. The Hall–Kier alpha value is -2.61. The molecule has 1 fully saturated rings. The lowest BCUT2D eigenvalue weighted by molar-refractivity contribution is -0.258. The summed E-state index contributed by atoms with van der Waals surface area (Å²) in [7, 11) is 1.59. The molecule has 1 saturated carbocycles. The van der Waals surface area contributed by atoms with Crippen LogP contribution in [0.25, 0.3) is 0 Å². The topological polar surface area (TPSA) is 114 Å². The number of rotatable bonds is 7. The molecule has 0 saturated heterocycles. The van der Waals surface area contributed by atoms with E-state index in [2.05, 4.69) is 17.1 Å². The maximum atomic E-state index is 10.4. The number of hydrogen-bond acceptors (Lipinski definition) is 7. The van der Waals surface area contributed by atoms with Crippen molar-refractivity contribution in [1.29, 1.82) is 10.5 Å². The predicted octanol–water partition coefficient (Wildman–Crippen LogP) is 2.47. The molecule has 7 nitrogen and oxygen atoms in total. The molecule has 0 spiro atoms. The first-order valence-electron chi connectivity index (χ1n) is 9.08. The second-order valence-electron chi connectivity index (χ2n) is 6.66. The Morgan fingerprint density at radius 3 is 2.04 bits per heavy atom. The molecule has 0 aromatic heterocycles. The summed E-state index contributed by atoms with van der Waals surface area (Å²) in [6.07, 6.45) is 0.499. The van der Waals surface area contributed by atoms with E-state index < -0.39 is 22.2 Å². The quantitative estimate of drug-likeness (QED) is 0.740. The molecule has 7 heteroatoms. The van der Waals surface area contributed by atoms with Gasteiger partial charge in [-0.25, -0.2) is 4.99 Å². The van der Waals surface area contributed by atoms with Crippen molar-refractivity contribution in [2.24, 2.45) is 21.6 Å². The van der Waals surface area contributed by atoms with Crippen molar-refractivity contribution in [2.75, 3.05) is 20.3 Å². The number of fused-ring (bicyclic) bond motifs is 1. The van der Waals surface area contributed by atoms with Crippen LogP contribution in [0.2, 0.25) is 0 Å². The number of amidine groups is 1. The number of nitriles is 2. The van der Waals surface area contributed by atoms with Gasteiger partial charge in [-0.2, -0.15) is 10.5 Å². The van der Waals surface area contributed by atoms with Gasteiger partial charge in [-0.1, -0.05) is 19.1 Å². The molecule has 27 heavy (non-hydrogen) atoms. The zero-order chi connectivity index (χ0) is 19.9. The number of methoxy groups -OCH3 is 1. The summed E-state index contributed by atoms with van der Waals surface area (Å²) in [4.78, 5) is 4.40. The predicted molar refractivity (Wildman–Crippen MR) is 98.7 cm³/mol. The zero-order valence-electron chi connectivity index (χ0n) is 16.1. The Morgan fingerprint density at radius 1 is 1.04 bits per heavy atom. The average Bonchev–Trinajstić information content (AvgIpc) is 3.19. The number of nitrogens with two attached hydrogens (primary N) is 1. The van der Waals surface area contributed by atoms with E-state index in [1.54, 1.807) is 21.0 Å². The maximum Gasteiger partial charge on any atom is 0.293 e. The molecule has 0 amide bonds. The van der Waals surface area contributed by atoms with E-state index in [4.69, 9.17) is 19.9 Å². The van der Waals surface area contributed by atoms with Gasteiger partial charge in [-0.3, -0.25) is 0 Å². The summed E-state index contributed by atoms with van der Waals surface area (Å²) in [5.74, 6) is -0.831. The average molecular weight is 368 g/mol. The molecule has 3 atom stereocenters. The van der Waals surface area contributed by atoms with Gasteiger partial charge in [-0.15, -0.1) is 0 Å². The van der Waals surface area contributed by atoms with E-state index in [0.717, 1.165) is 5.56 Å². The number of aliphatic imine (C=N–C) groups is 1. The first-order chi connectivity index (χ1) is 13.0. The standard InChI is InChI=1S/C20H24N4O3/c1-5-17(14-8-10-15(25-4)11-9-14)18(12-21)16(23)24-20(26-6-2,27-7-3)19(17,18)13-22/h8-11H,5-7H2,1-4H3,(H2,23,24)/t17-,18+,19-/m1/s1. The monoisotopic (exact) mass is 368 g/mol. The minimum atomic E-state index is -1.61. The van der Waals surface area contributed by atoms with E-state index in [1.165, 1.54) is 0 Å². The van der Waals surface area contributed by atoms with Crippen molar-refractivity contribution in [2.45, 2.75) is 38.5 Å². The molecule has 1 heterocycles. The van der Waals surface area contributed by atoms with Crippen molar-refractivity contribution < 1.29 is 14.2 Å². The molecule has 1 aliphatic heterocycles. The highest BCUT2D eigenvalue weighted by atomic mass is 16.7. The Kier molecular flexibility index (Phi) is 4.42. The third-order valence-corrected chi connectivity index (χ3v) is 6.03. The molecule has 3 rings (SSSR count). The van der Waals surface area contributed by atoms with Crippen molar-refractivity contribution >= 4 is 5.84 Å². The van der Waals surface area contributed by atoms with Gasteiger partial charge in [-0.05, 0) is 38.0 Å². The number of ether oxygens (including phenoxy) is 3. The molecule has 1 aliphatic carbocycles. The van der Waals surface area contributed by atoms with Crippen molar-refractivity contribution in [3.8, 4) is 17.9 Å². The fraction of sp³-hybridized carbons (Fsp3) is 0.550. The van der Waals surface area contributed by atoms with Crippen LogP contribution in [-0.4, -0.2) is 32.1 Å². The number of benzene rings is 1. The van der Waals surface area contributed by atoms with Crippen LogP contribution in [0.5, 0.6) is 5.75 Å². The summed E-state index contributed by atoms with van der Waals surface area (Å²) in [5, 5.41) is 20.6. The normalized spacial score (nSPS) is 32.7. The van der Waals surface area contributed by atoms with Crippen LogP contribution in [-0.2, 0) is 14.9 Å². The molecule has 2 N–H and O–H groups in total. The van der Waals surface area contributed by atoms with Gasteiger partial charge in [0.1, 0.15) is 11.6 Å². The summed E-state index contributed by atoms with van der Waals surface area (Å²) < 4.78 is 17.1. The van der Waals surface area contributed by atoms with Crippen LogP contribution in [0.1, 0.15) is 32.8 Å². The van der Waals surface area contributed by atoms with Crippen molar-refractivity contribution in [3.05, 3.63) is 29.8 Å². The smallest absolute Gasteiger partial charge is 0.293 e. The van der Waals surface area contributed by atoms with E-state index in [-0.39, 0.29) is 19.0 Å². The zero-order valence-corrected chi connectivity index (χ0v) is 16.1. The Bertz CT molecular complexity index is 847. The Balaban J connectivity index is 2.31. The van der Waals surface area contributed by atoms with E-state index >= 15 is 0 Å². The maximum absolute atomic E-state index is 10.4. The minimum absolute atomic E-state index is 0.0890. The molecule has 0 bridgehead atoms. The van der Waals surface area contributed by atoms with Gasteiger partial charge >= 0.3 is 0 Å². The van der Waals surface area contributed by atoms with Crippen LogP contribution >= 0.6 is 0 Å². The highest BCUT2D eigenvalue weighted by Gasteiger charge is 3.00. The number of nitrogens with zero attached hydrogens (tertiary/aromatic N) is 3. The third kappa shape index (κ3) is 1.79. The van der Waals surface area contributed by atoms with Crippen LogP contribution in [0.3, 0.4) is 0 Å². The van der Waals surface area contributed by atoms with E-state index in [0.29, 0.717) is 12.2 Å².